The summed E-state index contributed by atoms with van der Waals surface area (Å²) in [5.41, 5.74) is -1.33. The number of esters is 3. The van der Waals surface area contributed by atoms with E-state index < -0.39 is 39.4 Å². The van der Waals surface area contributed by atoms with Crippen molar-refractivity contribution in [3.63, 3.8) is 0 Å². The van der Waals surface area contributed by atoms with Gasteiger partial charge in [0.1, 0.15) is 35.5 Å². The minimum atomic E-state index is -4.56. The van der Waals surface area contributed by atoms with Gasteiger partial charge in [-0.2, -0.15) is 0 Å². The molecule has 12 nitrogen and oxygen atoms in total. The van der Waals surface area contributed by atoms with Crippen LogP contribution in [0.4, 0.5) is 0 Å². The molecular formula is C19H27NaO12S. The first-order valence-electron chi connectivity index (χ1n) is 8.73. The van der Waals surface area contributed by atoms with E-state index in [1.54, 1.807) is 0 Å². The number of hydrogen-bond acceptors (Lipinski definition) is 11. The quantitative estimate of drug-likeness (QED) is 0.0616. The number of carboxylic acids is 1. The first-order valence-corrected chi connectivity index (χ1v) is 10.2. The standard InChI is InChI=1S/C10H14O5.C6H10O5S.C3H4O2.Na/c1-7(2)10(13)15-5-4-14-9(12)6-8(3)11;1-3-5(7)11-6(4-2)12(8,9)10;1-2-3(4)5;/h1,4-6H2,2-3H3;3,6H,1,4H2,2H3,(H,8,9,10);2H,1H2,(H,4,5);/q;;;+1/p-1. The van der Waals surface area contributed by atoms with Crippen LogP contribution in [0.5, 0.6) is 0 Å². The van der Waals surface area contributed by atoms with Crippen LogP contribution in [0, 0.1) is 0 Å². The number of ketones is 1. The van der Waals surface area contributed by atoms with Crippen LogP contribution in [-0.2, 0) is 48.3 Å². The second-order valence-corrected chi connectivity index (χ2v) is 7.04. The zero-order chi connectivity index (χ0) is 25.9. The molecular weight excluding hydrogens is 475 g/mol. The largest absolute Gasteiger partial charge is 1.00 e. The molecule has 0 rings (SSSR count). The van der Waals surface area contributed by atoms with Gasteiger partial charge in [-0.1, -0.05) is 26.7 Å². The van der Waals surface area contributed by atoms with E-state index in [9.17, 15) is 36.9 Å². The van der Waals surface area contributed by atoms with Crippen molar-refractivity contribution in [1.82, 2.24) is 0 Å². The summed E-state index contributed by atoms with van der Waals surface area (Å²) in [6, 6.07) is 0. The van der Waals surface area contributed by atoms with Gasteiger partial charge in [0.25, 0.3) is 0 Å². The first-order chi connectivity index (χ1) is 14.6. The molecule has 0 heterocycles. The van der Waals surface area contributed by atoms with Crippen LogP contribution in [-0.4, -0.2) is 66.4 Å². The summed E-state index contributed by atoms with van der Waals surface area (Å²) < 4.78 is 44.6. The molecule has 0 aliphatic heterocycles. The zero-order valence-corrected chi connectivity index (χ0v) is 21.8. The Balaban J connectivity index is -0.000000209. The fourth-order valence-electron chi connectivity index (χ4n) is 1.19. The molecule has 0 aromatic heterocycles. The van der Waals surface area contributed by atoms with Crippen molar-refractivity contribution in [3.05, 3.63) is 37.5 Å². The predicted molar refractivity (Wildman–Crippen MR) is 110 cm³/mol. The van der Waals surface area contributed by atoms with Crippen LogP contribution in [0.2, 0.25) is 0 Å². The monoisotopic (exact) mass is 502 g/mol. The summed E-state index contributed by atoms with van der Waals surface area (Å²) in [7, 11) is -4.56. The zero-order valence-electron chi connectivity index (χ0n) is 19.0. The number of aliphatic carboxylic acids is 1. The van der Waals surface area contributed by atoms with Crippen LogP contribution in [0.1, 0.15) is 33.6 Å². The van der Waals surface area contributed by atoms with Crippen LogP contribution >= 0.6 is 0 Å². The molecule has 14 heteroatoms. The maximum absolute atomic E-state index is 10.8. The summed E-state index contributed by atoms with van der Waals surface area (Å²) in [5.74, 6) is -3.31. The number of ether oxygens (including phenoxy) is 3. The molecule has 0 aromatic rings. The first kappa shape index (κ1) is 38.0. The number of Topliss-reactive ketones (excluding diaryl/α,β-unsaturated/α-hetero) is 1. The van der Waals surface area contributed by atoms with Crippen LogP contribution in [0.25, 0.3) is 0 Å². The fraction of sp³-hybridized carbons (Fsp3) is 0.421. The van der Waals surface area contributed by atoms with Crippen molar-refractivity contribution in [1.29, 1.82) is 0 Å². The number of carbonyl (C=O) groups is 5. The van der Waals surface area contributed by atoms with Gasteiger partial charge in [-0.25, -0.2) is 22.8 Å². The van der Waals surface area contributed by atoms with Gasteiger partial charge in [-0.3, -0.25) is 9.59 Å². The van der Waals surface area contributed by atoms with Gasteiger partial charge in [-0.15, -0.1) is 0 Å². The second-order valence-electron chi connectivity index (χ2n) is 5.53. The molecule has 0 aliphatic carbocycles. The summed E-state index contributed by atoms with van der Waals surface area (Å²) in [6.07, 6.45) is 1.31. The Labute approximate surface area is 214 Å². The Bertz CT molecular complexity index is 802. The van der Waals surface area contributed by atoms with Crippen molar-refractivity contribution in [2.75, 3.05) is 13.2 Å². The average molecular weight is 502 g/mol. The molecule has 0 aromatic carbocycles. The molecule has 0 radical (unpaired) electrons. The summed E-state index contributed by atoms with van der Waals surface area (Å²) >= 11 is 0. The summed E-state index contributed by atoms with van der Waals surface area (Å²) in [6.45, 7) is 13.6. The molecule has 0 aliphatic rings. The van der Waals surface area contributed by atoms with E-state index in [-0.39, 0.29) is 67.0 Å². The third kappa shape index (κ3) is 27.6. The van der Waals surface area contributed by atoms with E-state index >= 15 is 0 Å². The SMILES string of the molecule is C=C(C)C(=O)OCCOC(=O)CC(C)=O.C=CC(=O)O.C=CC(=O)OC(CC)S(=O)(=O)[O-].[Na+]. The molecule has 33 heavy (non-hydrogen) atoms. The van der Waals surface area contributed by atoms with Crippen molar-refractivity contribution in [3.8, 4) is 0 Å². The Hall–Kier alpha value is -2.32. The predicted octanol–water partition coefficient (Wildman–Crippen LogP) is -2.11. The molecule has 0 saturated carbocycles. The second kappa shape index (κ2) is 21.5. The van der Waals surface area contributed by atoms with Gasteiger partial charge < -0.3 is 23.9 Å². The number of rotatable bonds is 11. The number of carbonyl (C=O) groups excluding carboxylic acids is 4. The Morgan fingerprint density at radius 2 is 1.48 bits per heavy atom. The summed E-state index contributed by atoms with van der Waals surface area (Å²) in [5, 5.41) is 7.60. The number of hydrogen-bond donors (Lipinski definition) is 1. The van der Waals surface area contributed by atoms with E-state index in [1.165, 1.54) is 20.8 Å². The molecule has 1 N–H and O–H groups in total. The van der Waals surface area contributed by atoms with Gasteiger partial charge in [-0.05, 0) is 20.3 Å². The molecule has 0 fully saturated rings. The van der Waals surface area contributed by atoms with Crippen molar-refractivity contribution >= 4 is 39.8 Å². The summed E-state index contributed by atoms with van der Waals surface area (Å²) in [4.78, 5) is 51.9. The topological polar surface area (TPSA) is 190 Å². The molecule has 182 valence electrons. The molecule has 0 amide bonds. The normalized spacial score (nSPS) is 10.1. The third-order valence-corrected chi connectivity index (χ3v) is 3.64. The molecule has 0 spiro atoms. The van der Waals surface area contributed by atoms with Gasteiger partial charge in [0.2, 0.25) is 0 Å². The van der Waals surface area contributed by atoms with E-state index in [1.807, 2.05) is 0 Å². The molecule has 1 unspecified atom stereocenters. The minimum absolute atomic E-state index is 0. The van der Waals surface area contributed by atoms with Crippen molar-refractivity contribution < 1.29 is 85.8 Å². The van der Waals surface area contributed by atoms with Gasteiger partial charge in [0.05, 0.1) is 0 Å². The van der Waals surface area contributed by atoms with E-state index in [2.05, 4.69) is 33.9 Å². The molecule has 0 bridgehead atoms. The average Bonchev–Trinajstić information content (AvgIpc) is 2.68. The fourth-order valence-corrected chi connectivity index (χ4v) is 1.81. The Kier molecular flexibility index (Phi) is 24.8. The van der Waals surface area contributed by atoms with Gasteiger partial charge in [0, 0.05) is 17.7 Å². The Morgan fingerprint density at radius 1 is 1.03 bits per heavy atom. The van der Waals surface area contributed by atoms with E-state index in [0.29, 0.717) is 0 Å². The van der Waals surface area contributed by atoms with Gasteiger partial charge in [0.15, 0.2) is 5.44 Å². The van der Waals surface area contributed by atoms with Crippen molar-refractivity contribution in [2.45, 2.75) is 39.0 Å². The third-order valence-electron chi connectivity index (χ3n) is 2.57. The van der Waals surface area contributed by atoms with E-state index in [4.69, 9.17) is 5.11 Å². The maximum atomic E-state index is 10.8. The maximum Gasteiger partial charge on any atom is 1.00 e. The van der Waals surface area contributed by atoms with E-state index in [0.717, 1.165) is 12.2 Å². The van der Waals surface area contributed by atoms with Crippen LogP contribution < -0.4 is 29.6 Å². The molecule has 1 atom stereocenters. The minimum Gasteiger partial charge on any atom is -0.745 e. The van der Waals surface area contributed by atoms with Crippen molar-refractivity contribution in [2.24, 2.45) is 0 Å². The van der Waals surface area contributed by atoms with Gasteiger partial charge >= 0.3 is 53.4 Å². The molecule has 0 saturated heterocycles. The van der Waals surface area contributed by atoms with Crippen LogP contribution in [0.3, 0.4) is 0 Å². The smallest absolute Gasteiger partial charge is 0.745 e. The number of carboxylic acid groups (broad SMARTS) is 1. The van der Waals surface area contributed by atoms with Crippen LogP contribution in [0.15, 0.2) is 37.5 Å². The Morgan fingerprint density at radius 3 is 1.79 bits per heavy atom.